The highest BCUT2D eigenvalue weighted by molar-refractivity contribution is 7.13. The molecule has 0 aromatic carbocycles. The molecule has 19 heavy (non-hydrogen) atoms. The van der Waals surface area contributed by atoms with Crippen molar-refractivity contribution in [1.82, 2.24) is 10.3 Å². The first-order valence-corrected chi connectivity index (χ1v) is 8.41. The molecule has 2 rings (SSSR count). The minimum atomic E-state index is 0.356. The average Bonchev–Trinajstić information content (AvgIpc) is 2.89. The highest BCUT2D eigenvalue weighted by Gasteiger charge is 2.23. The smallest absolute Gasteiger partial charge is 0.185 e. The summed E-state index contributed by atoms with van der Waals surface area (Å²) in [6.07, 6.45) is 5.35. The predicted molar refractivity (Wildman–Crippen MR) is 84.0 cm³/mol. The van der Waals surface area contributed by atoms with Gasteiger partial charge in [-0.2, -0.15) is 0 Å². The molecule has 0 amide bonds. The highest BCUT2D eigenvalue weighted by atomic mass is 32.1. The van der Waals surface area contributed by atoms with E-state index in [1.807, 2.05) is 0 Å². The molecule has 1 aromatic heterocycles. The highest BCUT2D eigenvalue weighted by Crippen LogP contribution is 2.31. The molecule has 1 unspecified atom stereocenters. The van der Waals surface area contributed by atoms with Crippen LogP contribution >= 0.6 is 11.3 Å². The van der Waals surface area contributed by atoms with Gasteiger partial charge in [0.15, 0.2) is 5.13 Å². The number of anilines is 1. The van der Waals surface area contributed by atoms with Gasteiger partial charge in [0.25, 0.3) is 0 Å². The Kier molecular flexibility index (Phi) is 5.22. The Balaban J connectivity index is 1.97. The van der Waals surface area contributed by atoms with Gasteiger partial charge in [0, 0.05) is 24.5 Å². The molecule has 0 saturated heterocycles. The SMILES string of the molecule is CCNC(C)c1csc(N(C)C2CCC(C)CC2)n1. The zero-order valence-corrected chi connectivity index (χ0v) is 13.5. The lowest BCUT2D eigenvalue weighted by Gasteiger charge is -2.33. The Hall–Kier alpha value is -0.610. The lowest BCUT2D eigenvalue weighted by Crippen LogP contribution is -2.34. The molecule has 3 nitrogen and oxygen atoms in total. The standard InChI is InChI=1S/C15H27N3S/c1-5-16-12(3)14-10-19-15(17-14)18(4)13-8-6-11(2)7-9-13/h10-13,16H,5-9H2,1-4H3. The normalized spacial score (nSPS) is 25.3. The van der Waals surface area contributed by atoms with Crippen molar-refractivity contribution in [2.45, 2.75) is 58.5 Å². The molecule has 1 N–H and O–H groups in total. The molecule has 0 aliphatic heterocycles. The van der Waals surface area contributed by atoms with Gasteiger partial charge in [0.1, 0.15) is 0 Å². The summed E-state index contributed by atoms with van der Waals surface area (Å²) in [5.41, 5.74) is 1.18. The van der Waals surface area contributed by atoms with Crippen molar-refractivity contribution in [3.63, 3.8) is 0 Å². The van der Waals surface area contributed by atoms with Crippen LogP contribution in [0.2, 0.25) is 0 Å². The monoisotopic (exact) mass is 281 g/mol. The second-order valence-electron chi connectivity index (χ2n) is 5.86. The second kappa shape index (κ2) is 6.71. The Morgan fingerprint density at radius 2 is 2.11 bits per heavy atom. The van der Waals surface area contributed by atoms with Crippen LogP contribution in [0.3, 0.4) is 0 Å². The van der Waals surface area contributed by atoms with Crippen LogP contribution in [0.4, 0.5) is 5.13 Å². The van der Waals surface area contributed by atoms with E-state index in [2.05, 4.69) is 43.4 Å². The van der Waals surface area contributed by atoms with Gasteiger partial charge in [-0.3, -0.25) is 0 Å². The Bertz CT molecular complexity index is 382. The first-order valence-electron chi connectivity index (χ1n) is 7.53. The van der Waals surface area contributed by atoms with Gasteiger partial charge in [-0.15, -0.1) is 11.3 Å². The summed E-state index contributed by atoms with van der Waals surface area (Å²) in [6, 6.07) is 1.04. The molecular formula is C15H27N3S. The molecular weight excluding hydrogens is 254 g/mol. The third-order valence-electron chi connectivity index (χ3n) is 4.30. The summed E-state index contributed by atoms with van der Waals surface area (Å²) in [4.78, 5) is 7.21. The van der Waals surface area contributed by atoms with Crippen molar-refractivity contribution >= 4 is 16.5 Å². The molecule has 1 heterocycles. The van der Waals surface area contributed by atoms with Gasteiger partial charge >= 0.3 is 0 Å². The fourth-order valence-electron chi connectivity index (χ4n) is 2.83. The Labute approximate surface area is 121 Å². The third kappa shape index (κ3) is 3.69. The van der Waals surface area contributed by atoms with Crippen LogP contribution in [0, 0.1) is 5.92 Å². The van der Waals surface area contributed by atoms with Crippen LogP contribution in [-0.2, 0) is 0 Å². The number of thiazole rings is 1. The zero-order chi connectivity index (χ0) is 13.8. The van der Waals surface area contributed by atoms with E-state index in [0.29, 0.717) is 12.1 Å². The predicted octanol–water partition coefficient (Wildman–Crippen LogP) is 3.83. The summed E-state index contributed by atoms with van der Waals surface area (Å²) in [7, 11) is 2.21. The van der Waals surface area contributed by atoms with Crippen LogP contribution in [0.25, 0.3) is 0 Å². The summed E-state index contributed by atoms with van der Waals surface area (Å²) in [5, 5.41) is 6.80. The van der Waals surface area contributed by atoms with Gasteiger partial charge in [-0.25, -0.2) is 4.98 Å². The van der Waals surface area contributed by atoms with E-state index >= 15 is 0 Å². The zero-order valence-electron chi connectivity index (χ0n) is 12.6. The van der Waals surface area contributed by atoms with Crippen molar-refractivity contribution in [1.29, 1.82) is 0 Å². The van der Waals surface area contributed by atoms with Crippen LogP contribution < -0.4 is 10.2 Å². The number of hydrogen-bond acceptors (Lipinski definition) is 4. The number of hydrogen-bond donors (Lipinski definition) is 1. The Morgan fingerprint density at radius 1 is 1.42 bits per heavy atom. The molecule has 4 heteroatoms. The van der Waals surface area contributed by atoms with E-state index in [4.69, 9.17) is 4.98 Å². The van der Waals surface area contributed by atoms with Crippen molar-refractivity contribution in [2.24, 2.45) is 5.92 Å². The average molecular weight is 281 g/mol. The van der Waals surface area contributed by atoms with Gasteiger partial charge in [0.2, 0.25) is 0 Å². The fraction of sp³-hybridized carbons (Fsp3) is 0.800. The Morgan fingerprint density at radius 3 is 2.74 bits per heavy atom. The lowest BCUT2D eigenvalue weighted by molar-refractivity contribution is 0.340. The molecule has 1 saturated carbocycles. The van der Waals surface area contributed by atoms with E-state index in [1.165, 1.54) is 36.5 Å². The van der Waals surface area contributed by atoms with Crippen LogP contribution in [0.15, 0.2) is 5.38 Å². The molecule has 1 aromatic rings. The largest absolute Gasteiger partial charge is 0.348 e. The van der Waals surface area contributed by atoms with E-state index in [0.717, 1.165) is 12.5 Å². The van der Waals surface area contributed by atoms with Crippen LogP contribution in [0.1, 0.15) is 58.2 Å². The van der Waals surface area contributed by atoms with Gasteiger partial charge in [-0.1, -0.05) is 13.8 Å². The van der Waals surface area contributed by atoms with Crippen molar-refractivity contribution in [2.75, 3.05) is 18.5 Å². The van der Waals surface area contributed by atoms with Crippen LogP contribution in [-0.4, -0.2) is 24.6 Å². The molecule has 0 bridgehead atoms. The molecule has 1 aliphatic rings. The molecule has 1 atom stereocenters. The summed E-state index contributed by atoms with van der Waals surface area (Å²) in [5.74, 6) is 0.908. The van der Waals surface area contributed by atoms with Gasteiger partial charge < -0.3 is 10.2 Å². The van der Waals surface area contributed by atoms with Gasteiger partial charge in [-0.05, 0) is 45.1 Å². The second-order valence-corrected chi connectivity index (χ2v) is 6.70. The maximum Gasteiger partial charge on any atom is 0.185 e. The van der Waals surface area contributed by atoms with Crippen LogP contribution in [0.5, 0.6) is 0 Å². The number of rotatable bonds is 5. The van der Waals surface area contributed by atoms with Gasteiger partial charge in [0.05, 0.1) is 5.69 Å². The van der Waals surface area contributed by atoms with E-state index in [9.17, 15) is 0 Å². The molecule has 0 radical (unpaired) electrons. The van der Waals surface area contributed by atoms with E-state index < -0.39 is 0 Å². The molecule has 108 valence electrons. The van der Waals surface area contributed by atoms with E-state index in [-0.39, 0.29) is 0 Å². The maximum atomic E-state index is 4.80. The van der Waals surface area contributed by atoms with Crippen molar-refractivity contribution in [3.05, 3.63) is 11.1 Å². The third-order valence-corrected chi connectivity index (χ3v) is 5.25. The molecule has 1 aliphatic carbocycles. The number of nitrogens with zero attached hydrogens (tertiary/aromatic N) is 2. The summed E-state index contributed by atoms with van der Waals surface area (Å²) < 4.78 is 0. The first kappa shape index (κ1) is 14.8. The van der Waals surface area contributed by atoms with E-state index in [1.54, 1.807) is 11.3 Å². The van der Waals surface area contributed by atoms with Crippen molar-refractivity contribution < 1.29 is 0 Å². The molecule has 0 spiro atoms. The fourth-order valence-corrected chi connectivity index (χ4v) is 3.79. The summed E-state index contributed by atoms with van der Waals surface area (Å²) >= 11 is 1.78. The maximum absolute atomic E-state index is 4.80. The van der Waals surface area contributed by atoms with Crippen molar-refractivity contribution in [3.8, 4) is 0 Å². The topological polar surface area (TPSA) is 28.2 Å². The summed E-state index contributed by atoms with van der Waals surface area (Å²) in [6.45, 7) is 7.68. The quantitative estimate of drug-likeness (QED) is 0.889. The lowest BCUT2D eigenvalue weighted by atomic mass is 9.87. The first-order chi connectivity index (χ1) is 9.11. The number of aromatic nitrogens is 1. The minimum Gasteiger partial charge on any atom is -0.348 e. The minimum absolute atomic E-state index is 0.356. The number of nitrogens with one attached hydrogen (secondary N) is 1. The molecule has 1 fully saturated rings.